The van der Waals surface area contributed by atoms with Gasteiger partial charge < -0.3 is 9.84 Å². The van der Waals surface area contributed by atoms with E-state index in [0.717, 1.165) is 16.5 Å². The van der Waals surface area contributed by atoms with E-state index in [-0.39, 0.29) is 6.42 Å². The topological polar surface area (TPSA) is 59.4 Å². The van der Waals surface area contributed by atoms with Crippen LogP contribution in [0.15, 0.2) is 24.4 Å². The van der Waals surface area contributed by atoms with Crippen molar-refractivity contribution in [2.75, 3.05) is 7.11 Å². The van der Waals surface area contributed by atoms with Crippen LogP contribution in [0.4, 0.5) is 0 Å². The Kier molecular flexibility index (Phi) is 2.95. The van der Waals surface area contributed by atoms with Crippen LogP contribution in [0.2, 0.25) is 0 Å². The molecule has 0 saturated carbocycles. The number of fused-ring (bicyclic) bond motifs is 1. The lowest BCUT2D eigenvalue weighted by Gasteiger charge is -2.10. The van der Waals surface area contributed by atoms with Gasteiger partial charge in [-0.2, -0.15) is 0 Å². The van der Waals surface area contributed by atoms with Crippen LogP contribution in [0, 0.1) is 6.92 Å². The fourth-order valence-electron chi connectivity index (χ4n) is 1.85. The van der Waals surface area contributed by atoms with Gasteiger partial charge >= 0.3 is 5.97 Å². The number of nitrogens with zero attached hydrogens (tertiary/aromatic N) is 1. The van der Waals surface area contributed by atoms with Gasteiger partial charge in [-0.25, -0.2) is 0 Å². The van der Waals surface area contributed by atoms with Crippen LogP contribution in [-0.4, -0.2) is 23.2 Å². The summed E-state index contributed by atoms with van der Waals surface area (Å²) in [7, 11) is 1.54. The molecule has 17 heavy (non-hydrogen) atoms. The highest BCUT2D eigenvalue weighted by Crippen LogP contribution is 2.28. The van der Waals surface area contributed by atoms with Gasteiger partial charge in [0.2, 0.25) is 0 Å². The number of carbonyl (C=O) groups is 1. The molecule has 0 fully saturated rings. The molecule has 1 heterocycles. The van der Waals surface area contributed by atoms with Crippen LogP contribution in [0.25, 0.3) is 10.9 Å². The first-order valence-corrected chi connectivity index (χ1v) is 5.26. The maximum absolute atomic E-state index is 10.7. The monoisotopic (exact) mass is 231 g/mol. The number of aryl methyl sites for hydroxylation is 1. The summed E-state index contributed by atoms with van der Waals surface area (Å²) >= 11 is 0. The quantitative estimate of drug-likeness (QED) is 0.879. The molecule has 2 aromatic rings. The third-order valence-corrected chi connectivity index (χ3v) is 2.59. The van der Waals surface area contributed by atoms with Crippen molar-refractivity contribution in [2.24, 2.45) is 0 Å². The van der Waals surface area contributed by atoms with Crippen LogP contribution in [-0.2, 0) is 11.2 Å². The van der Waals surface area contributed by atoms with Gasteiger partial charge in [0.1, 0.15) is 5.75 Å². The van der Waals surface area contributed by atoms with Crippen molar-refractivity contribution in [3.8, 4) is 5.75 Å². The van der Waals surface area contributed by atoms with Gasteiger partial charge in [0.25, 0.3) is 0 Å². The van der Waals surface area contributed by atoms with Crippen molar-refractivity contribution in [2.45, 2.75) is 13.3 Å². The number of carboxylic acids is 1. The lowest BCUT2D eigenvalue weighted by atomic mass is 10.1. The van der Waals surface area contributed by atoms with E-state index in [1.165, 1.54) is 0 Å². The molecule has 1 aromatic heterocycles. The summed E-state index contributed by atoms with van der Waals surface area (Å²) < 4.78 is 5.30. The molecule has 0 amide bonds. The summed E-state index contributed by atoms with van der Waals surface area (Å²) in [6.45, 7) is 1.98. The van der Waals surface area contributed by atoms with Crippen LogP contribution >= 0.6 is 0 Å². The predicted octanol–water partition coefficient (Wildman–Crippen LogP) is 2.18. The molecule has 0 spiro atoms. The first-order valence-electron chi connectivity index (χ1n) is 5.26. The number of carboxylic acid groups (broad SMARTS) is 1. The molecule has 0 aliphatic carbocycles. The van der Waals surface area contributed by atoms with Crippen LogP contribution in [0.3, 0.4) is 0 Å². The number of hydrogen-bond donors (Lipinski definition) is 1. The number of methoxy groups -OCH3 is 1. The second-order valence-corrected chi connectivity index (χ2v) is 3.91. The normalized spacial score (nSPS) is 10.5. The fourth-order valence-corrected chi connectivity index (χ4v) is 1.85. The first kappa shape index (κ1) is 11.4. The largest absolute Gasteiger partial charge is 0.496 e. The minimum Gasteiger partial charge on any atom is -0.496 e. The van der Waals surface area contributed by atoms with Crippen molar-refractivity contribution in [1.29, 1.82) is 0 Å². The third kappa shape index (κ3) is 2.20. The molecular weight excluding hydrogens is 218 g/mol. The second kappa shape index (κ2) is 4.41. The highest BCUT2D eigenvalue weighted by Gasteiger charge is 2.12. The zero-order valence-corrected chi connectivity index (χ0v) is 9.73. The Labute approximate surface area is 98.9 Å². The number of aliphatic carboxylic acids is 1. The summed E-state index contributed by atoms with van der Waals surface area (Å²) in [5, 5.41) is 9.66. The molecule has 1 N–H and O–H groups in total. The predicted molar refractivity (Wildman–Crippen MR) is 64.4 cm³/mol. The summed E-state index contributed by atoms with van der Waals surface area (Å²) in [5.74, 6) is -0.297. The molecule has 0 aliphatic heterocycles. The molecule has 4 heteroatoms. The molecule has 0 radical (unpaired) electrons. The summed E-state index contributed by atoms with van der Waals surface area (Å²) in [6.07, 6.45) is 1.48. The lowest BCUT2D eigenvalue weighted by Crippen LogP contribution is -2.03. The van der Waals surface area contributed by atoms with Crippen molar-refractivity contribution < 1.29 is 14.6 Å². The first-order chi connectivity index (χ1) is 8.11. The molecule has 0 bridgehead atoms. The number of ether oxygens (including phenoxy) is 1. The molecule has 4 nitrogen and oxygen atoms in total. The Morgan fingerprint density at radius 3 is 2.88 bits per heavy atom. The molecule has 0 unspecified atom stereocenters. The van der Waals surface area contributed by atoms with E-state index < -0.39 is 5.97 Å². The molecule has 88 valence electrons. The van der Waals surface area contributed by atoms with E-state index >= 15 is 0 Å². The van der Waals surface area contributed by atoms with E-state index in [0.29, 0.717) is 11.3 Å². The van der Waals surface area contributed by atoms with Crippen LogP contribution < -0.4 is 4.74 Å². The average molecular weight is 231 g/mol. The van der Waals surface area contributed by atoms with E-state index in [2.05, 4.69) is 4.98 Å². The summed E-state index contributed by atoms with van der Waals surface area (Å²) in [5.41, 5.74) is 2.52. The van der Waals surface area contributed by atoms with Crippen molar-refractivity contribution >= 4 is 16.9 Å². The summed E-state index contributed by atoms with van der Waals surface area (Å²) in [4.78, 5) is 15.0. The van der Waals surface area contributed by atoms with E-state index in [1.807, 2.05) is 25.1 Å². The van der Waals surface area contributed by atoms with Gasteiger partial charge in [-0.15, -0.1) is 0 Å². The number of pyridine rings is 1. The number of aromatic nitrogens is 1. The Morgan fingerprint density at radius 1 is 1.47 bits per heavy atom. The Balaban J connectivity index is 2.64. The van der Waals surface area contributed by atoms with Gasteiger partial charge in [0.15, 0.2) is 0 Å². The number of rotatable bonds is 3. The molecule has 0 saturated heterocycles. The van der Waals surface area contributed by atoms with Crippen molar-refractivity contribution in [3.63, 3.8) is 0 Å². The molecule has 0 atom stereocenters. The fraction of sp³-hybridized carbons (Fsp3) is 0.231. The van der Waals surface area contributed by atoms with Crippen LogP contribution in [0.5, 0.6) is 5.75 Å². The van der Waals surface area contributed by atoms with Gasteiger partial charge in [0.05, 0.1) is 19.0 Å². The Bertz CT molecular complexity index is 578. The van der Waals surface area contributed by atoms with E-state index in [1.54, 1.807) is 13.3 Å². The highest BCUT2D eigenvalue weighted by atomic mass is 16.5. The Morgan fingerprint density at radius 2 is 2.24 bits per heavy atom. The molecular formula is C13H13NO3. The van der Waals surface area contributed by atoms with Gasteiger partial charge in [0, 0.05) is 17.1 Å². The third-order valence-electron chi connectivity index (χ3n) is 2.59. The maximum atomic E-state index is 10.7. The van der Waals surface area contributed by atoms with Crippen LogP contribution in [0.1, 0.15) is 11.1 Å². The Hall–Kier alpha value is -2.10. The number of hydrogen-bond acceptors (Lipinski definition) is 3. The second-order valence-electron chi connectivity index (χ2n) is 3.91. The van der Waals surface area contributed by atoms with Gasteiger partial charge in [-0.3, -0.25) is 9.78 Å². The van der Waals surface area contributed by atoms with E-state index in [4.69, 9.17) is 9.84 Å². The van der Waals surface area contributed by atoms with Crippen molar-refractivity contribution in [1.82, 2.24) is 4.98 Å². The SMILES string of the molecule is COc1c(CC(=O)O)cnc2cc(C)ccc12. The zero-order chi connectivity index (χ0) is 12.4. The average Bonchev–Trinajstić information content (AvgIpc) is 2.28. The van der Waals surface area contributed by atoms with Gasteiger partial charge in [-0.1, -0.05) is 6.07 Å². The maximum Gasteiger partial charge on any atom is 0.308 e. The zero-order valence-electron chi connectivity index (χ0n) is 9.73. The smallest absolute Gasteiger partial charge is 0.308 e. The molecule has 1 aromatic carbocycles. The van der Waals surface area contributed by atoms with Gasteiger partial charge in [-0.05, 0) is 24.6 Å². The van der Waals surface area contributed by atoms with Crippen molar-refractivity contribution in [3.05, 3.63) is 35.5 Å². The highest BCUT2D eigenvalue weighted by molar-refractivity contribution is 5.88. The summed E-state index contributed by atoms with van der Waals surface area (Å²) in [6, 6.07) is 5.81. The molecule has 0 aliphatic rings. The standard InChI is InChI=1S/C13H13NO3/c1-8-3-4-10-11(5-8)14-7-9(6-12(15)16)13(10)17-2/h3-5,7H,6H2,1-2H3,(H,15,16). The molecule has 2 rings (SSSR count). The number of benzene rings is 1. The van der Waals surface area contributed by atoms with E-state index in [9.17, 15) is 4.79 Å². The minimum atomic E-state index is -0.892. The minimum absolute atomic E-state index is 0.0833. The lowest BCUT2D eigenvalue weighted by molar-refractivity contribution is -0.136.